The summed E-state index contributed by atoms with van der Waals surface area (Å²) in [5.41, 5.74) is 4.54. The predicted octanol–water partition coefficient (Wildman–Crippen LogP) is 3.05. The van der Waals surface area contributed by atoms with Crippen molar-refractivity contribution in [3.8, 4) is 0 Å². The van der Waals surface area contributed by atoms with Crippen LogP contribution in [0.15, 0.2) is 36.4 Å². The molecule has 8 heteroatoms. The van der Waals surface area contributed by atoms with Crippen LogP contribution in [0, 0.1) is 13.8 Å². The summed E-state index contributed by atoms with van der Waals surface area (Å²) in [7, 11) is 1.33. The summed E-state index contributed by atoms with van der Waals surface area (Å²) < 4.78 is 10.2. The van der Waals surface area contributed by atoms with E-state index in [0.717, 1.165) is 16.8 Å². The molecule has 0 spiro atoms. The summed E-state index contributed by atoms with van der Waals surface area (Å²) in [5, 5.41) is 5.92. The molecule has 0 aromatic heterocycles. The van der Waals surface area contributed by atoms with Crippen molar-refractivity contribution < 1.29 is 19.1 Å². The Hall–Kier alpha value is -2.97. The molecule has 2 aromatic rings. The molecule has 1 heterocycles. The zero-order chi connectivity index (χ0) is 21.7. The number of anilines is 2. The van der Waals surface area contributed by atoms with E-state index in [1.807, 2.05) is 32.0 Å². The molecule has 0 unspecified atom stereocenters. The van der Waals surface area contributed by atoms with E-state index in [-0.39, 0.29) is 11.0 Å². The van der Waals surface area contributed by atoms with Crippen molar-refractivity contribution in [3.05, 3.63) is 58.7 Å². The van der Waals surface area contributed by atoms with E-state index in [0.29, 0.717) is 43.1 Å². The number of methoxy groups -OCH3 is 1. The third-order valence-corrected chi connectivity index (χ3v) is 5.22. The molecule has 2 aromatic carbocycles. The third-order valence-electron chi connectivity index (χ3n) is 5.01. The largest absolute Gasteiger partial charge is 0.465 e. The van der Waals surface area contributed by atoms with E-state index >= 15 is 0 Å². The van der Waals surface area contributed by atoms with E-state index in [2.05, 4.69) is 15.5 Å². The van der Waals surface area contributed by atoms with Gasteiger partial charge in [-0.3, -0.25) is 10.1 Å². The number of benzene rings is 2. The Balaban J connectivity index is 1.80. The van der Waals surface area contributed by atoms with Gasteiger partial charge in [0.15, 0.2) is 5.11 Å². The molecule has 3 rings (SSSR count). The molecule has 1 aliphatic heterocycles. The highest BCUT2D eigenvalue weighted by atomic mass is 32.1. The number of hydrogen-bond acceptors (Lipinski definition) is 6. The van der Waals surface area contributed by atoms with Crippen LogP contribution in [-0.4, -0.2) is 50.4 Å². The van der Waals surface area contributed by atoms with E-state index in [1.165, 1.54) is 7.11 Å². The van der Waals surface area contributed by atoms with Crippen LogP contribution in [-0.2, 0) is 9.47 Å². The van der Waals surface area contributed by atoms with Crippen molar-refractivity contribution in [1.82, 2.24) is 5.32 Å². The summed E-state index contributed by atoms with van der Waals surface area (Å²) in [5.74, 6) is -0.746. The molecule has 7 nitrogen and oxygen atoms in total. The molecule has 0 saturated carbocycles. The van der Waals surface area contributed by atoms with Gasteiger partial charge in [-0.05, 0) is 67.5 Å². The third kappa shape index (κ3) is 5.14. The number of morpholine rings is 1. The number of aryl methyl sites for hydroxylation is 2. The van der Waals surface area contributed by atoms with Gasteiger partial charge < -0.3 is 19.7 Å². The number of hydrogen-bond donors (Lipinski definition) is 2. The number of nitrogens with one attached hydrogen (secondary N) is 2. The molecular weight excluding hydrogens is 402 g/mol. The lowest BCUT2D eigenvalue weighted by atomic mass is 10.1. The zero-order valence-corrected chi connectivity index (χ0v) is 18.1. The van der Waals surface area contributed by atoms with Crippen molar-refractivity contribution in [2.24, 2.45) is 0 Å². The Morgan fingerprint density at radius 1 is 1.03 bits per heavy atom. The van der Waals surface area contributed by atoms with Gasteiger partial charge in [-0.15, -0.1) is 0 Å². The number of carbonyl (C=O) groups excluding carboxylic acids is 2. The minimum absolute atomic E-state index is 0.148. The van der Waals surface area contributed by atoms with Gasteiger partial charge in [-0.1, -0.05) is 6.07 Å². The van der Waals surface area contributed by atoms with Gasteiger partial charge in [0.05, 0.1) is 37.3 Å². The van der Waals surface area contributed by atoms with Crippen molar-refractivity contribution in [3.63, 3.8) is 0 Å². The maximum absolute atomic E-state index is 12.6. The molecule has 30 heavy (non-hydrogen) atoms. The summed E-state index contributed by atoms with van der Waals surface area (Å²) in [6.45, 7) is 6.61. The first-order chi connectivity index (χ1) is 14.4. The van der Waals surface area contributed by atoms with Gasteiger partial charge in [-0.2, -0.15) is 0 Å². The molecular formula is C22H25N3O4S. The molecule has 0 aliphatic carbocycles. The molecule has 1 amide bonds. The number of nitrogens with zero attached hydrogens (tertiary/aromatic N) is 1. The van der Waals surface area contributed by atoms with Crippen molar-refractivity contribution in [2.45, 2.75) is 13.8 Å². The van der Waals surface area contributed by atoms with Crippen LogP contribution in [0.3, 0.4) is 0 Å². The van der Waals surface area contributed by atoms with Crippen LogP contribution in [0.1, 0.15) is 31.8 Å². The smallest absolute Gasteiger partial charge is 0.337 e. The second-order valence-corrected chi connectivity index (χ2v) is 7.44. The SMILES string of the molecule is COC(=O)c1ccc(N2CCOCC2)c(NC(=S)NC(=O)c2ccc(C)c(C)c2)c1. The first-order valence-electron chi connectivity index (χ1n) is 9.63. The first-order valence-corrected chi connectivity index (χ1v) is 10.0. The lowest BCUT2D eigenvalue weighted by molar-refractivity contribution is 0.0600. The van der Waals surface area contributed by atoms with Gasteiger partial charge in [0, 0.05) is 18.7 Å². The number of rotatable bonds is 4. The summed E-state index contributed by atoms with van der Waals surface area (Å²) >= 11 is 5.37. The van der Waals surface area contributed by atoms with Crippen LogP contribution in [0.5, 0.6) is 0 Å². The Morgan fingerprint density at radius 2 is 1.73 bits per heavy atom. The molecule has 0 atom stereocenters. The van der Waals surface area contributed by atoms with Crippen molar-refractivity contribution >= 4 is 40.6 Å². The standard InChI is InChI=1S/C22H25N3O4S/c1-14-4-5-16(12-15(14)2)20(26)24-22(30)23-18-13-17(21(27)28-3)6-7-19(18)25-8-10-29-11-9-25/h4-7,12-13H,8-11H2,1-3H3,(H2,23,24,26,30). The number of carbonyl (C=O) groups is 2. The quantitative estimate of drug-likeness (QED) is 0.573. The normalized spacial score (nSPS) is 13.5. The van der Waals surface area contributed by atoms with Crippen molar-refractivity contribution in [1.29, 1.82) is 0 Å². The second-order valence-electron chi connectivity index (χ2n) is 7.03. The Kier molecular flexibility index (Phi) is 7.02. The van der Waals surface area contributed by atoms with E-state index in [9.17, 15) is 9.59 Å². The number of esters is 1. The van der Waals surface area contributed by atoms with Gasteiger partial charge in [0.25, 0.3) is 5.91 Å². The number of ether oxygens (including phenoxy) is 2. The average molecular weight is 428 g/mol. The van der Waals surface area contributed by atoms with Gasteiger partial charge >= 0.3 is 5.97 Å². The van der Waals surface area contributed by atoms with Gasteiger partial charge in [0.2, 0.25) is 0 Å². The van der Waals surface area contributed by atoms with Gasteiger partial charge in [0.1, 0.15) is 0 Å². The zero-order valence-electron chi connectivity index (χ0n) is 17.3. The molecule has 0 radical (unpaired) electrons. The fourth-order valence-electron chi connectivity index (χ4n) is 3.17. The fourth-order valence-corrected chi connectivity index (χ4v) is 3.38. The Labute approximate surface area is 181 Å². The van der Waals surface area contributed by atoms with E-state index < -0.39 is 5.97 Å². The highest BCUT2D eigenvalue weighted by Crippen LogP contribution is 2.28. The number of thiocarbonyl (C=S) groups is 1. The van der Waals surface area contributed by atoms with Crippen molar-refractivity contribution in [2.75, 3.05) is 43.6 Å². The molecule has 1 aliphatic rings. The van der Waals surface area contributed by atoms with Crippen LogP contribution >= 0.6 is 12.2 Å². The topological polar surface area (TPSA) is 79.9 Å². The minimum atomic E-state index is -0.448. The highest BCUT2D eigenvalue weighted by molar-refractivity contribution is 7.80. The molecule has 2 N–H and O–H groups in total. The fraction of sp³-hybridized carbons (Fsp3) is 0.318. The van der Waals surface area contributed by atoms with Crippen LogP contribution in [0.4, 0.5) is 11.4 Å². The summed E-state index contributed by atoms with van der Waals surface area (Å²) in [6, 6.07) is 10.7. The number of amides is 1. The summed E-state index contributed by atoms with van der Waals surface area (Å²) in [6.07, 6.45) is 0. The lowest BCUT2D eigenvalue weighted by Gasteiger charge is -2.31. The molecule has 1 fully saturated rings. The van der Waals surface area contributed by atoms with Crippen LogP contribution in [0.25, 0.3) is 0 Å². The second kappa shape index (κ2) is 9.69. The van der Waals surface area contributed by atoms with E-state index in [1.54, 1.807) is 18.2 Å². The monoisotopic (exact) mass is 427 g/mol. The summed E-state index contributed by atoms with van der Waals surface area (Å²) in [4.78, 5) is 26.7. The van der Waals surface area contributed by atoms with E-state index in [4.69, 9.17) is 21.7 Å². The van der Waals surface area contributed by atoms with Crippen LogP contribution in [0.2, 0.25) is 0 Å². The highest BCUT2D eigenvalue weighted by Gasteiger charge is 2.18. The Bertz CT molecular complexity index is 971. The maximum atomic E-state index is 12.6. The van der Waals surface area contributed by atoms with Crippen LogP contribution < -0.4 is 15.5 Å². The molecule has 0 bridgehead atoms. The lowest BCUT2D eigenvalue weighted by Crippen LogP contribution is -2.38. The average Bonchev–Trinajstić information content (AvgIpc) is 2.75. The predicted molar refractivity (Wildman–Crippen MR) is 120 cm³/mol. The molecule has 158 valence electrons. The minimum Gasteiger partial charge on any atom is -0.465 e. The first kappa shape index (κ1) is 21.7. The molecule has 1 saturated heterocycles. The Morgan fingerprint density at radius 3 is 2.40 bits per heavy atom. The van der Waals surface area contributed by atoms with Gasteiger partial charge in [-0.25, -0.2) is 4.79 Å². The maximum Gasteiger partial charge on any atom is 0.337 e.